The van der Waals surface area contributed by atoms with Crippen molar-refractivity contribution in [2.75, 3.05) is 20.3 Å². The van der Waals surface area contributed by atoms with E-state index in [2.05, 4.69) is 21.2 Å². The summed E-state index contributed by atoms with van der Waals surface area (Å²) in [6.07, 6.45) is -0.229. The van der Waals surface area contributed by atoms with Crippen LogP contribution in [0.2, 0.25) is 0 Å². The molecule has 0 heterocycles. The average Bonchev–Trinajstić information content (AvgIpc) is 2.35. The fraction of sp³-hybridized carbons (Fsp3) is 0.417. The van der Waals surface area contributed by atoms with Crippen molar-refractivity contribution in [1.82, 2.24) is 5.32 Å². The zero-order valence-corrected chi connectivity index (χ0v) is 11.9. The van der Waals surface area contributed by atoms with Gasteiger partial charge >= 0.3 is 6.09 Å². The summed E-state index contributed by atoms with van der Waals surface area (Å²) < 4.78 is 11.6. The first-order valence-corrected chi connectivity index (χ1v) is 6.33. The van der Waals surface area contributed by atoms with Gasteiger partial charge in [0.1, 0.15) is 18.1 Å². The van der Waals surface area contributed by atoms with Crippen molar-refractivity contribution in [1.29, 1.82) is 0 Å². The number of nitrogens with one attached hydrogen (secondary N) is 1. The van der Waals surface area contributed by atoms with Crippen LogP contribution in [0.3, 0.4) is 0 Å². The molecule has 0 aliphatic carbocycles. The predicted molar refractivity (Wildman–Crippen MR) is 71.6 cm³/mol. The number of methoxy groups -OCH3 is 1. The van der Waals surface area contributed by atoms with Gasteiger partial charge in [-0.1, -0.05) is 6.92 Å². The molecule has 1 aromatic rings. The molecule has 0 unspecified atom stereocenters. The van der Waals surface area contributed by atoms with E-state index < -0.39 is 6.09 Å². The zero-order valence-electron chi connectivity index (χ0n) is 10.3. The lowest BCUT2D eigenvalue weighted by Crippen LogP contribution is -2.26. The lowest BCUT2D eigenvalue weighted by atomic mass is 10.1. The summed E-state index contributed by atoms with van der Waals surface area (Å²) in [4.78, 5) is 10.3. The number of carboxylic acid groups (broad SMARTS) is 1. The minimum atomic E-state index is -1.05. The van der Waals surface area contributed by atoms with Crippen LogP contribution in [-0.2, 0) is 6.42 Å². The van der Waals surface area contributed by atoms with E-state index in [1.54, 1.807) is 13.2 Å². The SMILES string of the molecule is CCc1cc(Br)c(OC)cc1OCCNC(=O)O. The summed E-state index contributed by atoms with van der Waals surface area (Å²) in [7, 11) is 1.58. The van der Waals surface area contributed by atoms with Gasteiger partial charge in [-0.2, -0.15) is 0 Å². The van der Waals surface area contributed by atoms with Crippen molar-refractivity contribution in [3.8, 4) is 11.5 Å². The predicted octanol–water partition coefficient (Wildman–Crippen LogP) is 2.67. The Morgan fingerprint density at radius 2 is 2.17 bits per heavy atom. The van der Waals surface area contributed by atoms with E-state index in [1.807, 2.05) is 13.0 Å². The first-order valence-electron chi connectivity index (χ1n) is 5.54. The number of hydrogen-bond acceptors (Lipinski definition) is 3. The topological polar surface area (TPSA) is 67.8 Å². The normalized spacial score (nSPS) is 9.94. The number of hydrogen-bond donors (Lipinski definition) is 2. The Morgan fingerprint density at radius 1 is 1.44 bits per heavy atom. The highest BCUT2D eigenvalue weighted by atomic mass is 79.9. The lowest BCUT2D eigenvalue weighted by molar-refractivity contribution is 0.191. The molecule has 0 aliphatic heterocycles. The molecule has 2 N–H and O–H groups in total. The van der Waals surface area contributed by atoms with Gasteiger partial charge in [0.05, 0.1) is 18.1 Å². The van der Waals surface area contributed by atoms with Gasteiger partial charge in [-0.05, 0) is 34.0 Å². The highest BCUT2D eigenvalue weighted by molar-refractivity contribution is 9.10. The molecule has 0 bridgehead atoms. The van der Waals surface area contributed by atoms with Crippen molar-refractivity contribution in [2.45, 2.75) is 13.3 Å². The maximum absolute atomic E-state index is 10.3. The maximum atomic E-state index is 10.3. The molecular formula is C12H16BrNO4. The second-order valence-electron chi connectivity index (χ2n) is 3.53. The van der Waals surface area contributed by atoms with Gasteiger partial charge in [-0.3, -0.25) is 0 Å². The van der Waals surface area contributed by atoms with E-state index in [9.17, 15) is 4.79 Å². The number of carbonyl (C=O) groups is 1. The third-order valence-corrected chi connectivity index (χ3v) is 2.97. The minimum Gasteiger partial charge on any atom is -0.495 e. The van der Waals surface area contributed by atoms with Crippen molar-refractivity contribution < 1.29 is 19.4 Å². The quantitative estimate of drug-likeness (QED) is 0.791. The van der Waals surface area contributed by atoms with Gasteiger partial charge in [0.15, 0.2) is 0 Å². The van der Waals surface area contributed by atoms with Crippen LogP contribution in [0.1, 0.15) is 12.5 Å². The second-order valence-corrected chi connectivity index (χ2v) is 4.38. The zero-order chi connectivity index (χ0) is 13.5. The van der Waals surface area contributed by atoms with Crippen LogP contribution in [0.25, 0.3) is 0 Å². The van der Waals surface area contributed by atoms with Crippen LogP contribution in [0.15, 0.2) is 16.6 Å². The third-order valence-electron chi connectivity index (χ3n) is 2.35. The first kappa shape index (κ1) is 14.6. The molecule has 100 valence electrons. The molecule has 0 radical (unpaired) electrons. The molecule has 18 heavy (non-hydrogen) atoms. The van der Waals surface area contributed by atoms with Gasteiger partial charge < -0.3 is 19.9 Å². The highest BCUT2D eigenvalue weighted by Crippen LogP contribution is 2.33. The van der Waals surface area contributed by atoms with Crippen LogP contribution in [0, 0.1) is 0 Å². The Bertz CT molecular complexity index is 423. The van der Waals surface area contributed by atoms with Gasteiger partial charge in [0.2, 0.25) is 0 Å². The summed E-state index contributed by atoms with van der Waals surface area (Å²) in [6.45, 7) is 2.55. The summed E-state index contributed by atoms with van der Waals surface area (Å²) >= 11 is 3.41. The lowest BCUT2D eigenvalue weighted by Gasteiger charge is -2.13. The molecule has 0 aromatic heterocycles. The molecule has 0 atom stereocenters. The highest BCUT2D eigenvalue weighted by Gasteiger charge is 2.09. The van der Waals surface area contributed by atoms with E-state index in [-0.39, 0.29) is 13.2 Å². The van der Waals surface area contributed by atoms with Crippen molar-refractivity contribution in [2.24, 2.45) is 0 Å². The fourth-order valence-electron chi connectivity index (χ4n) is 1.46. The molecule has 1 aromatic carbocycles. The molecule has 0 aliphatic rings. The number of benzene rings is 1. The minimum absolute atomic E-state index is 0.247. The molecule has 1 rings (SSSR count). The van der Waals surface area contributed by atoms with Gasteiger partial charge in [0, 0.05) is 6.07 Å². The maximum Gasteiger partial charge on any atom is 0.404 e. The van der Waals surface area contributed by atoms with E-state index in [0.717, 1.165) is 16.5 Å². The molecule has 6 heteroatoms. The molecule has 0 saturated carbocycles. The monoisotopic (exact) mass is 317 g/mol. The van der Waals surface area contributed by atoms with Crippen LogP contribution < -0.4 is 14.8 Å². The Kier molecular flexibility index (Phi) is 5.77. The summed E-state index contributed by atoms with van der Waals surface area (Å²) in [6, 6.07) is 3.74. The molecule has 0 spiro atoms. The Balaban J connectivity index is 2.70. The van der Waals surface area contributed by atoms with Crippen molar-refractivity contribution >= 4 is 22.0 Å². The number of amides is 1. The number of halogens is 1. The molecule has 0 fully saturated rings. The van der Waals surface area contributed by atoms with Crippen LogP contribution in [0.4, 0.5) is 4.79 Å². The Labute approximate surface area is 114 Å². The molecular weight excluding hydrogens is 302 g/mol. The number of ether oxygens (including phenoxy) is 2. The Morgan fingerprint density at radius 3 is 2.72 bits per heavy atom. The number of aryl methyl sites for hydroxylation is 1. The van der Waals surface area contributed by atoms with Crippen LogP contribution >= 0.6 is 15.9 Å². The average molecular weight is 318 g/mol. The van der Waals surface area contributed by atoms with E-state index in [4.69, 9.17) is 14.6 Å². The van der Waals surface area contributed by atoms with Crippen LogP contribution in [-0.4, -0.2) is 31.5 Å². The van der Waals surface area contributed by atoms with E-state index in [1.165, 1.54) is 0 Å². The third kappa shape index (κ3) is 4.10. The fourth-order valence-corrected chi connectivity index (χ4v) is 2.01. The van der Waals surface area contributed by atoms with E-state index >= 15 is 0 Å². The summed E-state index contributed by atoms with van der Waals surface area (Å²) in [5, 5.41) is 10.7. The second kappa shape index (κ2) is 7.10. The number of rotatable bonds is 6. The van der Waals surface area contributed by atoms with Crippen molar-refractivity contribution in [3.05, 3.63) is 22.2 Å². The largest absolute Gasteiger partial charge is 0.495 e. The molecule has 1 amide bonds. The smallest absolute Gasteiger partial charge is 0.404 e. The molecule has 0 saturated heterocycles. The summed E-state index contributed by atoms with van der Waals surface area (Å²) in [5.74, 6) is 1.40. The van der Waals surface area contributed by atoms with Gasteiger partial charge in [-0.25, -0.2) is 4.79 Å². The van der Waals surface area contributed by atoms with Crippen molar-refractivity contribution in [3.63, 3.8) is 0 Å². The van der Waals surface area contributed by atoms with Gasteiger partial charge in [0.25, 0.3) is 0 Å². The molecule has 5 nitrogen and oxygen atoms in total. The van der Waals surface area contributed by atoms with Gasteiger partial charge in [-0.15, -0.1) is 0 Å². The van der Waals surface area contributed by atoms with Crippen LogP contribution in [0.5, 0.6) is 11.5 Å². The summed E-state index contributed by atoms with van der Waals surface area (Å²) in [5.41, 5.74) is 1.04. The first-order chi connectivity index (χ1) is 8.58. The van der Waals surface area contributed by atoms with E-state index in [0.29, 0.717) is 11.5 Å². The Hall–Kier alpha value is -1.43. The standard InChI is InChI=1S/C12H16BrNO4/c1-3-8-6-9(13)11(17-2)7-10(8)18-5-4-14-12(15)16/h6-7,14H,3-5H2,1-2H3,(H,15,16).